The van der Waals surface area contributed by atoms with Crippen LogP contribution in [0.4, 0.5) is 0 Å². The molecular weight excluding hydrogens is 1160 g/mol. The zero-order valence-corrected chi connectivity index (χ0v) is 58.8. The van der Waals surface area contributed by atoms with Crippen LogP contribution in [0.15, 0.2) is 70.5 Å². The molecule has 0 spiro atoms. The molecule has 4 aromatic carbocycles. The van der Waals surface area contributed by atoms with Crippen molar-refractivity contribution < 1.29 is 25.9 Å². The molecule has 0 aliphatic heterocycles. The quantitative estimate of drug-likeness (QED) is 0.0247. The Hall–Kier alpha value is -1.21. The first kappa shape index (κ1) is 75.9. The summed E-state index contributed by atoms with van der Waals surface area (Å²) in [4.78, 5) is 0.0247. The van der Waals surface area contributed by atoms with Gasteiger partial charge in [0.05, 0.1) is 9.79 Å². The van der Waals surface area contributed by atoms with Gasteiger partial charge in [-0.25, -0.2) is 16.8 Å². The third kappa shape index (κ3) is 35.3. The fourth-order valence-electron chi connectivity index (χ4n) is 12.0. The van der Waals surface area contributed by atoms with Crippen molar-refractivity contribution >= 4 is 90.7 Å². The molecule has 0 N–H and O–H groups in total. The third-order valence-corrected chi connectivity index (χ3v) is 18.9. The van der Waals surface area contributed by atoms with E-state index in [1.54, 1.807) is 0 Å². The maximum Gasteiger partial charge on any atom is 2.00 e. The van der Waals surface area contributed by atoms with E-state index >= 15 is 0 Å². The van der Waals surface area contributed by atoms with Crippen molar-refractivity contribution in [3.05, 3.63) is 82.9 Å². The van der Waals surface area contributed by atoms with Crippen LogP contribution in [0.5, 0.6) is 0 Å². The van der Waals surface area contributed by atoms with Crippen LogP contribution in [0.1, 0.15) is 332 Å². The molecule has 9 heteroatoms. The van der Waals surface area contributed by atoms with E-state index in [9.17, 15) is 25.9 Å². The molecule has 4 rings (SSSR count). The molecule has 0 unspecified atom stereocenters. The average molecular weight is 1280 g/mol. The van der Waals surface area contributed by atoms with Gasteiger partial charge in [-0.1, -0.05) is 345 Å². The predicted octanol–water partition coefficient (Wildman–Crippen LogP) is 22.5. The van der Waals surface area contributed by atoms with Crippen molar-refractivity contribution in [3.63, 3.8) is 0 Å². The van der Waals surface area contributed by atoms with E-state index in [4.69, 9.17) is 0 Å². The summed E-state index contributed by atoms with van der Waals surface area (Å²) in [7, 11) is -9.05. The minimum atomic E-state index is -4.53. The molecule has 0 saturated carbocycles. The van der Waals surface area contributed by atoms with Gasteiger partial charge in [-0.2, -0.15) is 0 Å². The fraction of sp³-hybridized carbons (Fsp3) is 0.722. The maximum absolute atomic E-state index is 12.3. The van der Waals surface area contributed by atoms with Crippen molar-refractivity contribution in [2.75, 3.05) is 0 Å². The van der Waals surface area contributed by atoms with Crippen molar-refractivity contribution in [2.45, 2.75) is 346 Å². The number of aryl methyl sites for hydroxylation is 4. The topological polar surface area (TPSA) is 114 Å². The zero-order valence-electron chi connectivity index (χ0n) is 52.7. The van der Waals surface area contributed by atoms with Crippen molar-refractivity contribution in [1.82, 2.24) is 0 Å². The second-order valence-electron chi connectivity index (χ2n) is 24.3. The molecule has 0 bridgehead atoms. The Kier molecular flexibility index (Phi) is 45.8. The molecule has 0 radical (unpaired) electrons. The van der Waals surface area contributed by atoms with Crippen LogP contribution < -0.4 is 0 Å². The van der Waals surface area contributed by atoms with E-state index in [-0.39, 0.29) is 58.7 Å². The van der Waals surface area contributed by atoms with Crippen LogP contribution in [0.25, 0.3) is 21.5 Å². The van der Waals surface area contributed by atoms with E-state index in [1.165, 1.54) is 255 Å². The Balaban J connectivity index is 0.000000547. The van der Waals surface area contributed by atoms with Crippen LogP contribution in [0.3, 0.4) is 0 Å². The standard InChI is InChI=1S/2C36H60O3S.Ba/c2*1-3-5-7-9-11-13-15-17-19-21-23-25-32-27-30-35-34(31-32)29-28-33(36(35)40(37,38)39)26-24-22-20-18-16-14-12-10-8-6-4-2;/h2*27-31H,3-26H2,1-2H3,(H,37,38,39);/q;;+2/p-2. The van der Waals surface area contributed by atoms with Gasteiger partial charge >= 0.3 is 48.9 Å². The summed E-state index contributed by atoms with van der Waals surface area (Å²) in [5.74, 6) is 0. The number of hydrogen-bond donors (Lipinski definition) is 0. The van der Waals surface area contributed by atoms with Crippen molar-refractivity contribution in [3.8, 4) is 0 Å². The summed E-state index contributed by atoms with van der Waals surface area (Å²) in [6, 6.07) is 19.8. The first-order valence-corrected chi connectivity index (χ1v) is 36.8. The molecule has 0 aliphatic rings. The van der Waals surface area contributed by atoms with Gasteiger partial charge in [-0.15, -0.1) is 0 Å². The largest absolute Gasteiger partial charge is 2.00 e. The molecule has 0 fully saturated rings. The Morgan fingerprint density at radius 1 is 0.272 bits per heavy atom. The number of benzene rings is 4. The summed E-state index contributed by atoms with van der Waals surface area (Å²) >= 11 is 0. The van der Waals surface area contributed by atoms with Gasteiger partial charge in [0.25, 0.3) is 0 Å². The van der Waals surface area contributed by atoms with Gasteiger partial charge in [0.2, 0.25) is 0 Å². The first-order chi connectivity index (χ1) is 38.9. The van der Waals surface area contributed by atoms with Crippen LogP contribution in [0.2, 0.25) is 0 Å². The van der Waals surface area contributed by atoms with E-state index < -0.39 is 20.2 Å². The molecule has 0 aliphatic carbocycles. The Morgan fingerprint density at radius 2 is 0.481 bits per heavy atom. The van der Waals surface area contributed by atoms with E-state index in [0.29, 0.717) is 34.7 Å². The van der Waals surface area contributed by atoms with Gasteiger partial charge in [0, 0.05) is 0 Å². The van der Waals surface area contributed by atoms with E-state index in [2.05, 4.69) is 39.8 Å². The van der Waals surface area contributed by atoms with Gasteiger partial charge < -0.3 is 9.11 Å². The Labute approximate surface area is 540 Å². The molecule has 0 amide bonds. The van der Waals surface area contributed by atoms with Gasteiger partial charge in [-0.3, -0.25) is 0 Å². The Bertz CT molecular complexity index is 2230. The SMILES string of the molecule is CCCCCCCCCCCCCc1ccc2c(S(=O)(=O)[O-])c(CCCCCCCCCCCCC)ccc2c1.CCCCCCCCCCCCCc1ccc2c(S(=O)(=O)[O-])c(CCCCCCCCCCCCC)ccc2c1.[Ba+2]. The average Bonchev–Trinajstić information content (AvgIpc) is 3.44. The van der Waals surface area contributed by atoms with Crippen LogP contribution in [-0.4, -0.2) is 74.8 Å². The number of fused-ring (bicyclic) bond motifs is 2. The van der Waals surface area contributed by atoms with Crippen LogP contribution in [0, 0.1) is 0 Å². The fourth-order valence-corrected chi connectivity index (χ4v) is 13.9. The predicted molar refractivity (Wildman–Crippen MR) is 350 cm³/mol. The monoisotopic (exact) mass is 1280 g/mol. The molecular formula is C72H118BaO6S2. The summed E-state index contributed by atoms with van der Waals surface area (Å²) in [5.41, 5.74) is 3.85. The summed E-state index contributed by atoms with van der Waals surface area (Å²) in [6.07, 6.45) is 60.2. The number of rotatable bonds is 50. The minimum absolute atomic E-state index is 0. The second kappa shape index (κ2) is 48.9. The van der Waals surface area contributed by atoms with Crippen molar-refractivity contribution in [2.24, 2.45) is 0 Å². The maximum atomic E-state index is 12.3. The van der Waals surface area contributed by atoms with Crippen LogP contribution in [-0.2, 0) is 45.9 Å². The second-order valence-corrected chi connectivity index (χ2v) is 26.9. The van der Waals surface area contributed by atoms with Crippen LogP contribution >= 0.6 is 0 Å². The number of hydrogen-bond acceptors (Lipinski definition) is 6. The Morgan fingerprint density at radius 3 is 0.704 bits per heavy atom. The minimum Gasteiger partial charge on any atom is -0.744 e. The van der Waals surface area contributed by atoms with E-state index in [0.717, 1.165) is 62.1 Å². The molecule has 6 nitrogen and oxygen atoms in total. The molecule has 81 heavy (non-hydrogen) atoms. The summed E-state index contributed by atoms with van der Waals surface area (Å²) in [5, 5.41) is 2.94. The first-order valence-electron chi connectivity index (χ1n) is 33.9. The smallest absolute Gasteiger partial charge is 0.744 e. The van der Waals surface area contributed by atoms with E-state index in [1.807, 2.05) is 48.5 Å². The summed E-state index contributed by atoms with van der Waals surface area (Å²) < 4.78 is 73.7. The summed E-state index contributed by atoms with van der Waals surface area (Å²) in [6.45, 7) is 9.04. The normalized spacial score (nSPS) is 11.8. The van der Waals surface area contributed by atoms with Gasteiger partial charge in [0.1, 0.15) is 20.2 Å². The zero-order chi connectivity index (χ0) is 57.8. The molecule has 4 aromatic rings. The number of unbranched alkanes of at least 4 members (excludes halogenated alkanes) is 40. The molecule has 0 atom stereocenters. The van der Waals surface area contributed by atoms with Gasteiger partial charge in [-0.05, 0) is 95.2 Å². The third-order valence-electron chi connectivity index (χ3n) is 17.0. The van der Waals surface area contributed by atoms with Crippen molar-refractivity contribution in [1.29, 1.82) is 0 Å². The molecule has 0 heterocycles. The van der Waals surface area contributed by atoms with Gasteiger partial charge in [0.15, 0.2) is 0 Å². The molecule has 0 saturated heterocycles. The molecule has 456 valence electrons. The molecule has 0 aromatic heterocycles.